The summed E-state index contributed by atoms with van der Waals surface area (Å²) in [5, 5.41) is 2.81. The van der Waals surface area contributed by atoms with Crippen LogP contribution < -0.4 is 11.1 Å². The summed E-state index contributed by atoms with van der Waals surface area (Å²) in [7, 11) is 0. The van der Waals surface area contributed by atoms with Gasteiger partial charge in [0.15, 0.2) is 0 Å². The number of halogens is 1. The number of ether oxygens (including phenoxy) is 2. The van der Waals surface area contributed by atoms with Crippen LogP contribution in [0, 0.1) is 0 Å². The van der Waals surface area contributed by atoms with E-state index < -0.39 is 24.2 Å². The number of carbonyl (C=O) groups is 2. The van der Waals surface area contributed by atoms with Crippen molar-refractivity contribution in [3.05, 3.63) is 23.3 Å². The zero-order valence-corrected chi connectivity index (χ0v) is 15.2. The van der Waals surface area contributed by atoms with Crippen molar-refractivity contribution in [3.63, 3.8) is 0 Å². The van der Waals surface area contributed by atoms with Crippen LogP contribution in [0.2, 0.25) is 0 Å². The lowest BCUT2D eigenvalue weighted by Crippen LogP contribution is -2.57. The van der Waals surface area contributed by atoms with E-state index in [1.54, 1.807) is 13.0 Å². The van der Waals surface area contributed by atoms with Gasteiger partial charge in [-0.1, -0.05) is 25.4 Å². The van der Waals surface area contributed by atoms with Gasteiger partial charge in [-0.15, -0.1) is 0 Å². The Morgan fingerprint density at radius 2 is 2.08 bits per heavy atom. The number of nitrogens with one attached hydrogen (secondary N) is 1. The molecular weight excluding hydrogens is 332 g/mol. The number of hydrogen-bond donors (Lipinski definition) is 2. The molecule has 3 atom stereocenters. The van der Waals surface area contributed by atoms with Crippen LogP contribution in [0.5, 0.6) is 0 Å². The van der Waals surface area contributed by atoms with Crippen LogP contribution in [-0.4, -0.2) is 42.8 Å². The molecule has 0 bridgehead atoms. The normalized spacial score (nSPS) is 24.1. The summed E-state index contributed by atoms with van der Waals surface area (Å²) in [6.07, 6.45) is 4.42. The van der Waals surface area contributed by atoms with Crippen LogP contribution in [0.4, 0.5) is 0 Å². The lowest BCUT2D eigenvalue weighted by Gasteiger charge is -2.36. The second kappa shape index (κ2) is 10.5. The first-order valence-corrected chi connectivity index (χ1v) is 8.76. The van der Waals surface area contributed by atoms with Crippen molar-refractivity contribution in [2.75, 3.05) is 6.61 Å². The molecule has 0 aromatic carbocycles. The second-order valence-corrected chi connectivity index (χ2v) is 5.90. The van der Waals surface area contributed by atoms with Crippen molar-refractivity contribution in [3.8, 4) is 0 Å². The van der Waals surface area contributed by atoms with E-state index in [0.717, 1.165) is 18.4 Å². The highest BCUT2D eigenvalue weighted by atomic mass is 35.5. The molecule has 0 aromatic rings. The molecule has 1 aliphatic carbocycles. The topological polar surface area (TPSA) is 90.6 Å². The molecule has 0 saturated carbocycles. The molecule has 0 fully saturated rings. The summed E-state index contributed by atoms with van der Waals surface area (Å²) >= 11 is 5.44. The van der Waals surface area contributed by atoms with Crippen molar-refractivity contribution >= 4 is 23.5 Å². The SMILES string of the molecule is CCOC(=O)C1=CC(OC(CC)CC)C(NC(=O)C=CCl)C(N)C1. The maximum absolute atomic E-state index is 12.0. The quantitative estimate of drug-likeness (QED) is 0.511. The average molecular weight is 359 g/mol. The molecule has 0 aromatic heterocycles. The smallest absolute Gasteiger partial charge is 0.333 e. The molecule has 0 saturated heterocycles. The minimum atomic E-state index is -0.495. The summed E-state index contributed by atoms with van der Waals surface area (Å²) in [5.41, 5.74) is 7.82. The summed E-state index contributed by atoms with van der Waals surface area (Å²) in [4.78, 5) is 23.9. The Labute approximate surface area is 148 Å². The number of esters is 1. The Morgan fingerprint density at radius 1 is 1.42 bits per heavy atom. The highest BCUT2D eigenvalue weighted by molar-refractivity contribution is 6.26. The third-order valence-corrected chi connectivity index (χ3v) is 4.08. The molecule has 0 radical (unpaired) electrons. The second-order valence-electron chi connectivity index (χ2n) is 5.65. The molecule has 1 amide bonds. The zero-order chi connectivity index (χ0) is 18.1. The third kappa shape index (κ3) is 5.92. The number of hydrogen-bond acceptors (Lipinski definition) is 5. The maximum atomic E-state index is 12.0. The molecule has 3 N–H and O–H groups in total. The van der Waals surface area contributed by atoms with E-state index in [9.17, 15) is 9.59 Å². The van der Waals surface area contributed by atoms with Gasteiger partial charge in [0.2, 0.25) is 5.91 Å². The predicted molar refractivity (Wildman–Crippen MR) is 93.5 cm³/mol. The van der Waals surface area contributed by atoms with Gasteiger partial charge < -0.3 is 20.5 Å². The molecule has 0 spiro atoms. The minimum Gasteiger partial charge on any atom is -0.463 e. The lowest BCUT2D eigenvalue weighted by atomic mass is 9.88. The Kier molecular flexibility index (Phi) is 9.03. The van der Waals surface area contributed by atoms with Crippen LogP contribution >= 0.6 is 11.6 Å². The summed E-state index contributed by atoms with van der Waals surface area (Å²) in [5.74, 6) is -0.742. The van der Waals surface area contributed by atoms with Gasteiger partial charge in [0.05, 0.1) is 24.9 Å². The van der Waals surface area contributed by atoms with Crippen molar-refractivity contribution < 1.29 is 19.1 Å². The molecule has 0 heterocycles. The van der Waals surface area contributed by atoms with Gasteiger partial charge in [-0.25, -0.2) is 4.79 Å². The first-order valence-electron chi connectivity index (χ1n) is 8.32. The lowest BCUT2D eigenvalue weighted by molar-refractivity contribution is -0.139. The Balaban J connectivity index is 3.02. The first kappa shape index (κ1) is 20.7. The van der Waals surface area contributed by atoms with E-state index in [0.29, 0.717) is 18.6 Å². The largest absolute Gasteiger partial charge is 0.463 e. The fourth-order valence-electron chi connectivity index (χ4n) is 2.66. The van der Waals surface area contributed by atoms with Gasteiger partial charge in [-0.05, 0) is 32.3 Å². The highest BCUT2D eigenvalue weighted by Crippen LogP contribution is 2.24. The van der Waals surface area contributed by atoms with Crippen molar-refractivity contribution in [2.24, 2.45) is 5.73 Å². The van der Waals surface area contributed by atoms with Gasteiger partial charge in [0, 0.05) is 23.2 Å². The van der Waals surface area contributed by atoms with E-state index in [2.05, 4.69) is 5.32 Å². The van der Waals surface area contributed by atoms with Gasteiger partial charge >= 0.3 is 5.97 Å². The van der Waals surface area contributed by atoms with Crippen LogP contribution in [0.3, 0.4) is 0 Å². The number of nitrogens with two attached hydrogens (primary N) is 1. The number of amides is 1. The Bertz CT molecular complexity index is 489. The van der Waals surface area contributed by atoms with E-state index in [4.69, 9.17) is 26.8 Å². The van der Waals surface area contributed by atoms with E-state index in [1.165, 1.54) is 6.08 Å². The maximum Gasteiger partial charge on any atom is 0.333 e. The number of rotatable bonds is 8. The molecule has 1 aliphatic rings. The molecule has 1 rings (SSSR count). The highest BCUT2D eigenvalue weighted by Gasteiger charge is 2.36. The monoisotopic (exact) mass is 358 g/mol. The van der Waals surface area contributed by atoms with Crippen LogP contribution in [-0.2, 0) is 19.1 Å². The molecule has 3 unspecified atom stereocenters. The average Bonchev–Trinajstić information content (AvgIpc) is 2.55. The Hall–Kier alpha value is -1.37. The van der Waals surface area contributed by atoms with Gasteiger partial charge in [0.25, 0.3) is 0 Å². The molecule has 24 heavy (non-hydrogen) atoms. The van der Waals surface area contributed by atoms with Gasteiger partial charge in [-0.2, -0.15) is 0 Å². The molecule has 136 valence electrons. The van der Waals surface area contributed by atoms with Crippen molar-refractivity contribution in [2.45, 2.75) is 64.3 Å². The minimum absolute atomic E-state index is 0.0166. The molecule has 7 heteroatoms. The Morgan fingerprint density at radius 3 is 2.62 bits per heavy atom. The van der Waals surface area contributed by atoms with Crippen molar-refractivity contribution in [1.82, 2.24) is 5.32 Å². The zero-order valence-electron chi connectivity index (χ0n) is 14.5. The standard InChI is InChI=1S/C17H27ClN2O4/c1-4-12(5-2)24-14-10-11(17(22)23-6-3)9-13(19)16(14)20-15(21)7-8-18/h7-8,10,12-14,16H,4-6,9,19H2,1-3H3,(H,20,21). The van der Waals surface area contributed by atoms with Crippen molar-refractivity contribution in [1.29, 1.82) is 0 Å². The molecule has 6 nitrogen and oxygen atoms in total. The molecular formula is C17H27ClN2O4. The summed E-state index contributed by atoms with van der Waals surface area (Å²) < 4.78 is 11.1. The van der Waals surface area contributed by atoms with E-state index in [1.807, 2.05) is 13.8 Å². The third-order valence-electron chi connectivity index (χ3n) is 3.96. The van der Waals surface area contributed by atoms with Crippen LogP contribution in [0.25, 0.3) is 0 Å². The fourth-order valence-corrected chi connectivity index (χ4v) is 2.77. The fraction of sp³-hybridized carbons (Fsp3) is 0.647. The first-order chi connectivity index (χ1) is 11.5. The van der Waals surface area contributed by atoms with E-state index >= 15 is 0 Å². The summed E-state index contributed by atoms with van der Waals surface area (Å²) in [6, 6.07) is -0.898. The van der Waals surface area contributed by atoms with E-state index in [-0.39, 0.29) is 12.0 Å². The van der Waals surface area contributed by atoms with Gasteiger partial charge in [-0.3, -0.25) is 4.79 Å². The molecule has 0 aliphatic heterocycles. The predicted octanol–water partition coefficient (Wildman–Crippen LogP) is 2.02. The van der Waals surface area contributed by atoms with Crippen LogP contribution in [0.15, 0.2) is 23.3 Å². The van der Waals surface area contributed by atoms with Crippen LogP contribution in [0.1, 0.15) is 40.0 Å². The summed E-state index contributed by atoms with van der Waals surface area (Å²) in [6.45, 7) is 6.10. The number of carbonyl (C=O) groups excluding carboxylic acids is 2. The van der Waals surface area contributed by atoms with Gasteiger partial charge in [0.1, 0.15) is 0 Å².